The molecule has 0 unspecified atom stereocenters. The highest BCUT2D eigenvalue weighted by atomic mass is 16.5. The van der Waals surface area contributed by atoms with Gasteiger partial charge < -0.3 is 14.4 Å². The highest BCUT2D eigenvalue weighted by molar-refractivity contribution is 5.96. The smallest absolute Gasteiger partial charge is 0.267 e. The predicted molar refractivity (Wildman–Crippen MR) is 87.6 cm³/mol. The lowest BCUT2D eigenvalue weighted by molar-refractivity contribution is -0.125. The molecule has 0 bridgehead atoms. The summed E-state index contributed by atoms with van der Waals surface area (Å²) >= 11 is 0. The molecule has 116 valence electrons. The molecule has 1 atom stereocenters. The van der Waals surface area contributed by atoms with Crippen molar-refractivity contribution in [2.24, 2.45) is 0 Å². The fourth-order valence-electron chi connectivity index (χ4n) is 2.12. The van der Waals surface area contributed by atoms with Gasteiger partial charge in [0, 0.05) is 12.7 Å². The van der Waals surface area contributed by atoms with Crippen LogP contribution in [0.15, 0.2) is 54.6 Å². The summed E-state index contributed by atoms with van der Waals surface area (Å²) in [5.41, 5.74) is 0.851. The lowest BCUT2D eigenvalue weighted by Gasteiger charge is -2.24. The van der Waals surface area contributed by atoms with Crippen molar-refractivity contribution in [3.8, 4) is 11.5 Å². The molecule has 0 aliphatic carbocycles. The molecule has 4 heteroatoms. The molecule has 0 heterocycles. The van der Waals surface area contributed by atoms with Crippen LogP contribution in [0.3, 0.4) is 0 Å². The molecule has 0 N–H and O–H groups in total. The second-order valence-corrected chi connectivity index (χ2v) is 4.92. The Morgan fingerprint density at radius 2 is 1.64 bits per heavy atom. The molecule has 1 amide bonds. The van der Waals surface area contributed by atoms with Crippen molar-refractivity contribution in [1.82, 2.24) is 0 Å². The van der Waals surface area contributed by atoms with Gasteiger partial charge in [-0.05, 0) is 42.8 Å². The van der Waals surface area contributed by atoms with Crippen LogP contribution in [0.4, 0.5) is 5.69 Å². The Labute approximate surface area is 131 Å². The second kappa shape index (κ2) is 7.50. The summed E-state index contributed by atoms with van der Waals surface area (Å²) in [7, 11) is 3.38. The molecule has 0 aliphatic rings. The van der Waals surface area contributed by atoms with Gasteiger partial charge in [0.25, 0.3) is 5.91 Å². The van der Waals surface area contributed by atoms with Crippen molar-refractivity contribution in [2.45, 2.75) is 19.4 Å². The van der Waals surface area contributed by atoms with Crippen LogP contribution >= 0.6 is 0 Å². The van der Waals surface area contributed by atoms with Crippen LogP contribution < -0.4 is 14.4 Å². The fourth-order valence-corrected chi connectivity index (χ4v) is 2.12. The highest BCUT2D eigenvalue weighted by Crippen LogP contribution is 2.20. The van der Waals surface area contributed by atoms with Crippen LogP contribution in [-0.4, -0.2) is 26.2 Å². The molecule has 2 rings (SSSR count). The van der Waals surface area contributed by atoms with Gasteiger partial charge in [0.05, 0.1) is 7.11 Å². The Bertz CT molecular complexity index is 595. The zero-order valence-corrected chi connectivity index (χ0v) is 13.2. The minimum atomic E-state index is -0.515. The molecule has 0 radical (unpaired) electrons. The minimum Gasteiger partial charge on any atom is -0.497 e. The number of ether oxygens (including phenoxy) is 2. The van der Waals surface area contributed by atoms with Crippen molar-refractivity contribution in [3.05, 3.63) is 54.6 Å². The van der Waals surface area contributed by atoms with Crippen LogP contribution in [0.25, 0.3) is 0 Å². The average Bonchev–Trinajstić information content (AvgIpc) is 2.59. The van der Waals surface area contributed by atoms with Crippen LogP contribution in [0.2, 0.25) is 0 Å². The van der Waals surface area contributed by atoms with E-state index in [4.69, 9.17) is 9.47 Å². The Balaban J connectivity index is 2.08. The van der Waals surface area contributed by atoms with E-state index in [2.05, 4.69) is 0 Å². The summed E-state index contributed by atoms with van der Waals surface area (Å²) in [6.45, 7) is 1.94. The summed E-state index contributed by atoms with van der Waals surface area (Å²) < 4.78 is 10.9. The van der Waals surface area contributed by atoms with E-state index >= 15 is 0 Å². The first-order valence-electron chi connectivity index (χ1n) is 7.29. The number of likely N-dealkylation sites (N-methyl/N-ethyl adjacent to an activating group) is 1. The largest absolute Gasteiger partial charge is 0.497 e. The Morgan fingerprint density at radius 1 is 1.05 bits per heavy atom. The molecule has 0 saturated carbocycles. The highest BCUT2D eigenvalue weighted by Gasteiger charge is 2.23. The fraction of sp³-hybridized carbons (Fsp3) is 0.278. The average molecular weight is 299 g/mol. The third kappa shape index (κ3) is 3.79. The lowest BCUT2D eigenvalue weighted by Crippen LogP contribution is -2.39. The summed E-state index contributed by atoms with van der Waals surface area (Å²) in [6, 6.07) is 16.8. The summed E-state index contributed by atoms with van der Waals surface area (Å²) in [4.78, 5) is 14.2. The van der Waals surface area contributed by atoms with E-state index in [1.165, 1.54) is 0 Å². The third-order valence-electron chi connectivity index (χ3n) is 3.46. The molecule has 22 heavy (non-hydrogen) atoms. The predicted octanol–water partition coefficient (Wildman–Crippen LogP) is 3.52. The SMILES string of the molecule is CC[C@H](Oc1ccc(OC)cc1)C(=O)N(C)c1ccccc1. The monoisotopic (exact) mass is 299 g/mol. The van der Waals surface area contributed by atoms with Gasteiger partial charge in [0.15, 0.2) is 6.10 Å². The molecule has 0 saturated heterocycles. The number of carbonyl (C=O) groups excluding carboxylic acids is 1. The van der Waals surface area contributed by atoms with Crippen LogP contribution in [0.5, 0.6) is 11.5 Å². The van der Waals surface area contributed by atoms with E-state index in [0.717, 1.165) is 11.4 Å². The number of methoxy groups -OCH3 is 1. The number of nitrogens with zero attached hydrogens (tertiary/aromatic N) is 1. The van der Waals surface area contributed by atoms with Gasteiger partial charge in [0.1, 0.15) is 11.5 Å². The first kappa shape index (κ1) is 15.9. The number of benzene rings is 2. The normalized spacial score (nSPS) is 11.6. The zero-order valence-electron chi connectivity index (χ0n) is 13.2. The topological polar surface area (TPSA) is 38.8 Å². The van der Waals surface area contributed by atoms with E-state index < -0.39 is 6.10 Å². The van der Waals surface area contributed by atoms with Gasteiger partial charge in [-0.15, -0.1) is 0 Å². The number of hydrogen-bond donors (Lipinski definition) is 0. The van der Waals surface area contributed by atoms with Crippen molar-refractivity contribution in [2.75, 3.05) is 19.1 Å². The summed E-state index contributed by atoms with van der Waals surface area (Å²) in [6.07, 6.45) is 0.0841. The number of amides is 1. The number of carbonyl (C=O) groups is 1. The van der Waals surface area contributed by atoms with Crippen LogP contribution in [0, 0.1) is 0 Å². The maximum atomic E-state index is 12.6. The van der Waals surface area contributed by atoms with Crippen molar-refractivity contribution in [3.63, 3.8) is 0 Å². The lowest BCUT2D eigenvalue weighted by atomic mass is 10.2. The quantitative estimate of drug-likeness (QED) is 0.819. The Hall–Kier alpha value is -2.49. The van der Waals surface area contributed by atoms with Crippen molar-refractivity contribution < 1.29 is 14.3 Å². The number of rotatable bonds is 6. The molecule has 2 aromatic rings. The van der Waals surface area contributed by atoms with Crippen molar-refractivity contribution >= 4 is 11.6 Å². The van der Waals surface area contributed by atoms with Gasteiger partial charge in [-0.25, -0.2) is 0 Å². The number of anilines is 1. The maximum absolute atomic E-state index is 12.6. The Kier molecular flexibility index (Phi) is 5.42. The molecular formula is C18H21NO3. The summed E-state index contributed by atoms with van der Waals surface area (Å²) in [5, 5.41) is 0. The van der Waals surface area contributed by atoms with E-state index in [9.17, 15) is 4.79 Å². The molecule has 0 aliphatic heterocycles. The van der Waals surface area contributed by atoms with Gasteiger partial charge in [0.2, 0.25) is 0 Å². The second-order valence-electron chi connectivity index (χ2n) is 4.92. The molecule has 0 fully saturated rings. The van der Waals surface area contributed by atoms with E-state index in [-0.39, 0.29) is 5.91 Å². The molecular weight excluding hydrogens is 278 g/mol. The minimum absolute atomic E-state index is 0.0653. The van der Waals surface area contributed by atoms with Crippen molar-refractivity contribution in [1.29, 1.82) is 0 Å². The Morgan fingerprint density at radius 3 is 2.18 bits per heavy atom. The number of para-hydroxylation sites is 1. The first-order chi connectivity index (χ1) is 10.7. The first-order valence-corrected chi connectivity index (χ1v) is 7.29. The number of hydrogen-bond acceptors (Lipinski definition) is 3. The standard InChI is InChI=1S/C18H21NO3/c1-4-17(22-16-12-10-15(21-3)11-13-16)18(20)19(2)14-8-6-5-7-9-14/h5-13,17H,4H2,1-3H3/t17-/m0/s1. The van der Waals surface area contributed by atoms with Crippen LogP contribution in [-0.2, 0) is 4.79 Å². The van der Waals surface area contributed by atoms with Gasteiger partial charge in [-0.3, -0.25) is 4.79 Å². The molecule has 4 nitrogen and oxygen atoms in total. The molecule has 2 aromatic carbocycles. The van der Waals surface area contributed by atoms with Gasteiger partial charge in [-0.1, -0.05) is 25.1 Å². The zero-order chi connectivity index (χ0) is 15.9. The van der Waals surface area contributed by atoms with E-state index in [1.54, 1.807) is 31.2 Å². The van der Waals surface area contributed by atoms with Gasteiger partial charge >= 0.3 is 0 Å². The van der Waals surface area contributed by atoms with Crippen LogP contribution in [0.1, 0.15) is 13.3 Å². The third-order valence-corrected chi connectivity index (χ3v) is 3.46. The van der Waals surface area contributed by atoms with E-state index in [1.807, 2.05) is 49.4 Å². The van der Waals surface area contributed by atoms with E-state index in [0.29, 0.717) is 12.2 Å². The summed E-state index contributed by atoms with van der Waals surface area (Å²) in [5.74, 6) is 1.35. The maximum Gasteiger partial charge on any atom is 0.267 e. The van der Waals surface area contributed by atoms with Gasteiger partial charge in [-0.2, -0.15) is 0 Å². The molecule has 0 spiro atoms. The molecule has 0 aromatic heterocycles.